The third kappa shape index (κ3) is 5.83. The number of urea groups is 1. The van der Waals surface area contributed by atoms with Crippen molar-refractivity contribution in [3.63, 3.8) is 0 Å². The van der Waals surface area contributed by atoms with Gasteiger partial charge in [-0.3, -0.25) is 4.79 Å². The zero-order valence-electron chi connectivity index (χ0n) is 13.8. The Kier molecular flexibility index (Phi) is 7.03. The van der Waals surface area contributed by atoms with Gasteiger partial charge in [0.05, 0.1) is 0 Å². The van der Waals surface area contributed by atoms with E-state index in [9.17, 15) is 14.0 Å². The lowest BCUT2D eigenvalue weighted by molar-refractivity contribution is -0.137. The van der Waals surface area contributed by atoms with Crippen molar-refractivity contribution in [1.82, 2.24) is 10.2 Å². The van der Waals surface area contributed by atoms with Crippen LogP contribution in [0.1, 0.15) is 44.1 Å². The van der Waals surface area contributed by atoms with Crippen LogP contribution in [-0.2, 0) is 11.2 Å². The summed E-state index contributed by atoms with van der Waals surface area (Å²) in [7, 11) is 0. The number of amides is 2. The molecule has 2 N–H and O–H groups in total. The molecule has 0 bridgehead atoms. The molecule has 0 spiro atoms. The van der Waals surface area contributed by atoms with Crippen molar-refractivity contribution in [2.24, 2.45) is 0 Å². The highest BCUT2D eigenvalue weighted by Gasteiger charge is 2.26. The Bertz CT molecular complexity index is 559. The molecule has 5 nitrogen and oxygen atoms in total. The number of halogens is 1. The van der Waals surface area contributed by atoms with Crippen molar-refractivity contribution < 1.29 is 19.1 Å². The Morgan fingerprint density at radius 2 is 2.04 bits per heavy atom. The Morgan fingerprint density at radius 1 is 1.29 bits per heavy atom. The van der Waals surface area contributed by atoms with E-state index in [-0.39, 0.29) is 24.3 Å². The summed E-state index contributed by atoms with van der Waals surface area (Å²) < 4.78 is 13.3. The highest BCUT2D eigenvalue weighted by molar-refractivity contribution is 5.74. The number of aliphatic carboxylic acids is 1. The van der Waals surface area contributed by atoms with Gasteiger partial charge in [0.2, 0.25) is 0 Å². The Balaban J connectivity index is 1.89. The smallest absolute Gasteiger partial charge is 0.317 e. The lowest BCUT2D eigenvalue weighted by atomic mass is 10.1. The minimum absolute atomic E-state index is 0.0486. The molecule has 1 aliphatic carbocycles. The zero-order chi connectivity index (χ0) is 17.4. The maximum absolute atomic E-state index is 13.3. The van der Waals surface area contributed by atoms with Crippen LogP contribution in [0.3, 0.4) is 0 Å². The first-order valence-electron chi connectivity index (χ1n) is 8.57. The topological polar surface area (TPSA) is 69.6 Å². The average Bonchev–Trinajstić information content (AvgIpc) is 3.06. The molecule has 6 heteroatoms. The van der Waals surface area contributed by atoms with E-state index in [2.05, 4.69) is 5.32 Å². The molecular formula is C18H25FN2O3. The number of benzene rings is 1. The van der Waals surface area contributed by atoms with E-state index < -0.39 is 5.97 Å². The van der Waals surface area contributed by atoms with Gasteiger partial charge in [0.15, 0.2) is 0 Å². The highest BCUT2D eigenvalue weighted by atomic mass is 19.1. The summed E-state index contributed by atoms with van der Waals surface area (Å²) in [6.07, 6.45) is 5.30. The highest BCUT2D eigenvalue weighted by Crippen LogP contribution is 2.24. The van der Waals surface area contributed by atoms with Crippen molar-refractivity contribution in [2.45, 2.75) is 51.0 Å². The Morgan fingerprint density at radius 3 is 2.71 bits per heavy atom. The first kappa shape index (κ1) is 18.2. The normalized spacial score (nSPS) is 14.5. The van der Waals surface area contributed by atoms with Crippen LogP contribution in [0.5, 0.6) is 0 Å². The van der Waals surface area contributed by atoms with Gasteiger partial charge in [-0.2, -0.15) is 0 Å². The number of nitrogens with one attached hydrogen (secondary N) is 1. The quantitative estimate of drug-likeness (QED) is 0.716. The summed E-state index contributed by atoms with van der Waals surface area (Å²) in [5.74, 6) is -1.12. The van der Waals surface area contributed by atoms with Crippen molar-refractivity contribution in [2.75, 3.05) is 13.1 Å². The van der Waals surface area contributed by atoms with E-state index in [0.717, 1.165) is 31.2 Å². The molecule has 0 unspecified atom stereocenters. The van der Waals surface area contributed by atoms with Crippen LogP contribution >= 0.6 is 0 Å². The van der Waals surface area contributed by atoms with Gasteiger partial charge in [0.1, 0.15) is 5.82 Å². The van der Waals surface area contributed by atoms with Gasteiger partial charge < -0.3 is 15.3 Å². The number of carbonyl (C=O) groups is 2. The molecule has 132 valence electrons. The summed E-state index contributed by atoms with van der Waals surface area (Å²) in [4.78, 5) is 24.8. The van der Waals surface area contributed by atoms with E-state index in [1.807, 2.05) is 11.0 Å². The minimum atomic E-state index is -0.858. The van der Waals surface area contributed by atoms with Crippen LogP contribution in [0.4, 0.5) is 9.18 Å². The molecule has 1 aromatic rings. The van der Waals surface area contributed by atoms with Gasteiger partial charge in [0, 0.05) is 25.6 Å². The van der Waals surface area contributed by atoms with Crippen molar-refractivity contribution in [3.8, 4) is 0 Å². The van der Waals surface area contributed by atoms with E-state index >= 15 is 0 Å². The molecule has 0 aromatic heterocycles. The number of rotatable bonds is 8. The molecule has 24 heavy (non-hydrogen) atoms. The number of hydrogen-bond donors (Lipinski definition) is 2. The van der Waals surface area contributed by atoms with Crippen LogP contribution in [0.2, 0.25) is 0 Å². The monoisotopic (exact) mass is 336 g/mol. The maximum atomic E-state index is 13.3. The maximum Gasteiger partial charge on any atom is 0.317 e. The summed E-state index contributed by atoms with van der Waals surface area (Å²) in [5.41, 5.74) is 0.872. The summed E-state index contributed by atoms with van der Waals surface area (Å²) in [5, 5.41) is 11.5. The minimum Gasteiger partial charge on any atom is -0.481 e. The Labute approximate surface area is 141 Å². The van der Waals surface area contributed by atoms with Gasteiger partial charge in [-0.15, -0.1) is 0 Å². The molecule has 0 radical (unpaired) electrons. The van der Waals surface area contributed by atoms with Crippen molar-refractivity contribution >= 4 is 12.0 Å². The molecule has 1 aliphatic rings. The van der Waals surface area contributed by atoms with E-state index in [1.54, 1.807) is 6.07 Å². The molecule has 0 heterocycles. The standard InChI is InChI=1S/C18H25FN2O3/c19-15-6-3-5-14(13-15)10-12-21(16-7-1-2-8-16)18(24)20-11-4-9-17(22)23/h3,5-6,13,16H,1-2,4,7-12H2,(H,20,24)(H,22,23). The first-order chi connectivity index (χ1) is 11.6. The van der Waals surface area contributed by atoms with Crippen LogP contribution in [-0.4, -0.2) is 41.1 Å². The lowest BCUT2D eigenvalue weighted by Crippen LogP contribution is -2.46. The van der Waals surface area contributed by atoms with E-state index in [1.165, 1.54) is 12.1 Å². The lowest BCUT2D eigenvalue weighted by Gasteiger charge is -2.29. The third-order valence-electron chi connectivity index (χ3n) is 4.40. The molecule has 2 amide bonds. The fourth-order valence-corrected chi connectivity index (χ4v) is 3.14. The third-order valence-corrected chi connectivity index (χ3v) is 4.40. The van der Waals surface area contributed by atoms with Crippen LogP contribution in [0.25, 0.3) is 0 Å². The van der Waals surface area contributed by atoms with Crippen LogP contribution in [0, 0.1) is 5.82 Å². The van der Waals surface area contributed by atoms with Crippen LogP contribution in [0.15, 0.2) is 24.3 Å². The molecule has 0 aliphatic heterocycles. The molecule has 1 fully saturated rings. The second-order valence-electron chi connectivity index (χ2n) is 6.24. The van der Waals surface area contributed by atoms with Crippen molar-refractivity contribution in [3.05, 3.63) is 35.6 Å². The van der Waals surface area contributed by atoms with Gasteiger partial charge in [0.25, 0.3) is 0 Å². The van der Waals surface area contributed by atoms with E-state index in [4.69, 9.17) is 5.11 Å². The Hall–Kier alpha value is -2.11. The fraction of sp³-hybridized carbons (Fsp3) is 0.556. The average molecular weight is 336 g/mol. The van der Waals surface area contributed by atoms with Gasteiger partial charge in [-0.05, 0) is 43.4 Å². The molecule has 2 rings (SSSR count). The largest absolute Gasteiger partial charge is 0.481 e. The SMILES string of the molecule is O=C(O)CCCNC(=O)N(CCc1cccc(F)c1)C1CCCC1. The second-order valence-corrected chi connectivity index (χ2v) is 6.24. The first-order valence-corrected chi connectivity index (χ1v) is 8.57. The molecular weight excluding hydrogens is 311 g/mol. The van der Waals surface area contributed by atoms with Crippen molar-refractivity contribution in [1.29, 1.82) is 0 Å². The number of hydrogen-bond acceptors (Lipinski definition) is 2. The molecule has 0 saturated heterocycles. The van der Waals surface area contributed by atoms with Gasteiger partial charge >= 0.3 is 12.0 Å². The fourth-order valence-electron chi connectivity index (χ4n) is 3.14. The molecule has 1 aromatic carbocycles. The summed E-state index contributed by atoms with van der Waals surface area (Å²) in [6, 6.07) is 6.52. The molecule has 1 saturated carbocycles. The molecule has 0 atom stereocenters. The predicted octanol–water partition coefficient (Wildman–Crippen LogP) is 3.19. The van der Waals surface area contributed by atoms with E-state index in [0.29, 0.717) is 25.9 Å². The number of nitrogens with zero attached hydrogens (tertiary/aromatic N) is 1. The van der Waals surface area contributed by atoms with Gasteiger partial charge in [-0.25, -0.2) is 9.18 Å². The predicted molar refractivity (Wildman–Crippen MR) is 89.3 cm³/mol. The second kappa shape index (κ2) is 9.25. The summed E-state index contributed by atoms with van der Waals surface area (Å²) in [6.45, 7) is 0.896. The van der Waals surface area contributed by atoms with Crippen LogP contribution < -0.4 is 5.32 Å². The number of carbonyl (C=O) groups excluding carboxylic acids is 1. The van der Waals surface area contributed by atoms with Gasteiger partial charge in [-0.1, -0.05) is 25.0 Å². The zero-order valence-corrected chi connectivity index (χ0v) is 13.8. The number of carboxylic acids is 1. The number of carboxylic acid groups (broad SMARTS) is 1. The summed E-state index contributed by atoms with van der Waals surface area (Å²) >= 11 is 0.